The van der Waals surface area contributed by atoms with Crippen LogP contribution in [0.15, 0.2) is 48.8 Å². The second-order valence-electron chi connectivity index (χ2n) is 6.60. The summed E-state index contributed by atoms with van der Waals surface area (Å²) in [7, 11) is 0. The molecule has 1 fully saturated rings. The molecule has 2 aromatic rings. The van der Waals surface area contributed by atoms with Crippen LogP contribution in [0.25, 0.3) is 0 Å². The molecule has 2 heterocycles. The lowest BCUT2D eigenvalue weighted by atomic mass is 10.0. The van der Waals surface area contributed by atoms with Crippen molar-refractivity contribution in [2.45, 2.75) is 32.5 Å². The lowest BCUT2D eigenvalue weighted by molar-refractivity contribution is -0.129. The number of hydrogen-bond donors (Lipinski definition) is 1. The Balaban J connectivity index is 1.55. The number of carbonyl (C=O) groups excluding carboxylic acids is 1. The van der Waals surface area contributed by atoms with E-state index in [0.29, 0.717) is 19.6 Å². The minimum atomic E-state index is -0.359. The number of rotatable bonds is 6. The molecule has 0 saturated carbocycles. The Morgan fingerprint density at radius 3 is 2.92 bits per heavy atom. The van der Waals surface area contributed by atoms with Crippen LogP contribution in [-0.2, 0) is 17.8 Å². The van der Waals surface area contributed by atoms with Crippen LogP contribution < -0.4 is 4.74 Å². The average molecular weight is 340 g/mol. The highest BCUT2D eigenvalue weighted by Crippen LogP contribution is 2.21. The van der Waals surface area contributed by atoms with E-state index in [1.54, 1.807) is 19.3 Å². The van der Waals surface area contributed by atoms with Gasteiger partial charge in [0.1, 0.15) is 12.4 Å². The Kier molecular flexibility index (Phi) is 5.66. The quantitative estimate of drug-likeness (QED) is 0.877. The SMILES string of the molecule is CC(O)C1CCN(C(=O)Cc2cccc(OCc3cccnc3)c2)C1. The van der Waals surface area contributed by atoms with Crippen molar-refractivity contribution in [3.63, 3.8) is 0 Å². The molecule has 1 amide bonds. The second kappa shape index (κ2) is 8.12. The van der Waals surface area contributed by atoms with Gasteiger partial charge < -0.3 is 14.7 Å². The molecule has 0 radical (unpaired) electrons. The summed E-state index contributed by atoms with van der Waals surface area (Å²) >= 11 is 0. The van der Waals surface area contributed by atoms with Crippen LogP contribution in [0.4, 0.5) is 0 Å². The van der Waals surface area contributed by atoms with E-state index in [9.17, 15) is 9.90 Å². The van der Waals surface area contributed by atoms with Crippen molar-refractivity contribution >= 4 is 5.91 Å². The highest BCUT2D eigenvalue weighted by Gasteiger charge is 2.28. The van der Waals surface area contributed by atoms with Gasteiger partial charge in [-0.25, -0.2) is 0 Å². The third-order valence-electron chi connectivity index (χ3n) is 4.64. The van der Waals surface area contributed by atoms with Crippen LogP contribution in [0, 0.1) is 5.92 Å². The molecule has 1 N–H and O–H groups in total. The predicted molar refractivity (Wildman–Crippen MR) is 95.1 cm³/mol. The minimum absolute atomic E-state index is 0.104. The van der Waals surface area contributed by atoms with E-state index in [2.05, 4.69) is 4.98 Å². The number of pyridine rings is 1. The average Bonchev–Trinajstić information content (AvgIpc) is 3.12. The summed E-state index contributed by atoms with van der Waals surface area (Å²) in [5, 5.41) is 9.67. The summed E-state index contributed by atoms with van der Waals surface area (Å²) in [5.41, 5.74) is 1.94. The Morgan fingerprint density at radius 2 is 2.20 bits per heavy atom. The molecule has 2 unspecified atom stereocenters. The standard InChI is InChI=1S/C20H24N2O3/c1-15(23)18-7-9-22(13-18)20(24)11-16-4-2-6-19(10-16)25-14-17-5-3-8-21-12-17/h2-6,8,10,12,15,18,23H,7,9,11,13-14H2,1H3. The van der Waals surface area contributed by atoms with Gasteiger partial charge in [-0.2, -0.15) is 0 Å². The number of hydrogen-bond acceptors (Lipinski definition) is 4. The first-order valence-corrected chi connectivity index (χ1v) is 8.68. The summed E-state index contributed by atoms with van der Waals surface area (Å²) in [6.45, 7) is 3.62. The number of aliphatic hydroxyl groups is 1. The van der Waals surface area contributed by atoms with Gasteiger partial charge in [-0.1, -0.05) is 18.2 Å². The van der Waals surface area contributed by atoms with Gasteiger partial charge in [0.25, 0.3) is 0 Å². The molecule has 0 bridgehead atoms. The molecule has 3 rings (SSSR count). The summed E-state index contributed by atoms with van der Waals surface area (Å²) in [5.74, 6) is 1.04. The van der Waals surface area contributed by atoms with Crippen LogP contribution in [0.5, 0.6) is 5.75 Å². The van der Waals surface area contributed by atoms with E-state index in [0.717, 1.165) is 29.8 Å². The van der Waals surface area contributed by atoms with Gasteiger partial charge in [0.05, 0.1) is 12.5 Å². The first-order valence-electron chi connectivity index (χ1n) is 8.68. The zero-order valence-electron chi connectivity index (χ0n) is 14.5. The second-order valence-corrected chi connectivity index (χ2v) is 6.60. The monoisotopic (exact) mass is 340 g/mol. The van der Waals surface area contributed by atoms with E-state index in [4.69, 9.17) is 4.74 Å². The fourth-order valence-corrected chi connectivity index (χ4v) is 3.09. The molecule has 5 nitrogen and oxygen atoms in total. The third-order valence-corrected chi connectivity index (χ3v) is 4.64. The Morgan fingerprint density at radius 1 is 1.36 bits per heavy atom. The Labute approximate surface area is 148 Å². The molecule has 0 spiro atoms. The molecule has 0 aliphatic carbocycles. The fraction of sp³-hybridized carbons (Fsp3) is 0.400. The highest BCUT2D eigenvalue weighted by molar-refractivity contribution is 5.79. The van der Waals surface area contributed by atoms with Gasteiger partial charge >= 0.3 is 0 Å². The maximum absolute atomic E-state index is 12.5. The normalized spacial score (nSPS) is 18.2. The first kappa shape index (κ1) is 17.4. The van der Waals surface area contributed by atoms with Gasteiger partial charge in [0.15, 0.2) is 0 Å². The molecule has 5 heteroatoms. The first-order chi connectivity index (χ1) is 12.1. The van der Waals surface area contributed by atoms with E-state index in [-0.39, 0.29) is 17.9 Å². The molecular formula is C20H24N2O3. The van der Waals surface area contributed by atoms with Gasteiger partial charge in [0, 0.05) is 37.0 Å². The van der Waals surface area contributed by atoms with E-state index < -0.39 is 0 Å². The number of nitrogens with zero attached hydrogens (tertiary/aromatic N) is 2. The van der Waals surface area contributed by atoms with Crippen molar-refractivity contribution in [1.82, 2.24) is 9.88 Å². The predicted octanol–water partition coefficient (Wildman–Crippen LogP) is 2.43. The van der Waals surface area contributed by atoms with Gasteiger partial charge in [0.2, 0.25) is 5.91 Å². The largest absolute Gasteiger partial charge is 0.489 e. The molecule has 1 aromatic heterocycles. The fourth-order valence-electron chi connectivity index (χ4n) is 3.09. The van der Waals surface area contributed by atoms with Gasteiger partial charge in [-0.3, -0.25) is 9.78 Å². The Bertz CT molecular complexity index is 703. The smallest absolute Gasteiger partial charge is 0.227 e. The van der Waals surface area contributed by atoms with Crippen LogP contribution in [0.1, 0.15) is 24.5 Å². The Hall–Kier alpha value is -2.40. The van der Waals surface area contributed by atoms with Crippen molar-refractivity contribution in [3.05, 3.63) is 59.9 Å². The number of aliphatic hydroxyl groups excluding tert-OH is 1. The van der Waals surface area contributed by atoms with E-state index in [1.165, 1.54) is 0 Å². The molecule has 1 aliphatic rings. The number of amides is 1. The maximum atomic E-state index is 12.5. The van der Waals surface area contributed by atoms with Crippen LogP contribution in [0.3, 0.4) is 0 Å². The molecule has 1 saturated heterocycles. The minimum Gasteiger partial charge on any atom is -0.489 e. The summed E-state index contributed by atoms with van der Waals surface area (Å²) in [6.07, 6.45) is 4.38. The van der Waals surface area contributed by atoms with Crippen LogP contribution in [-0.4, -0.2) is 40.1 Å². The highest BCUT2D eigenvalue weighted by atomic mass is 16.5. The molecule has 132 valence electrons. The number of likely N-dealkylation sites (tertiary alicyclic amines) is 1. The lowest BCUT2D eigenvalue weighted by Gasteiger charge is -2.18. The van der Waals surface area contributed by atoms with Crippen LogP contribution >= 0.6 is 0 Å². The van der Waals surface area contributed by atoms with Gasteiger partial charge in [-0.05, 0) is 37.1 Å². The maximum Gasteiger partial charge on any atom is 0.227 e. The molecule has 1 aliphatic heterocycles. The van der Waals surface area contributed by atoms with Crippen molar-refractivity contribution in [3.8, 4) is 5.75 Å². The third kappa shape index (κ3) is 4.79. The number of aromatic nitrogens is 1. The zero-order valence-corrected chi connectivity index (χ0v) is 14.5. The van der Waals surface area contributed by atoms with E-state index in [1.807, 2.05) is 41.3 Å². The van der Waals surface area contributed by atoms with E-state index >= 15 is 0 Å². The summed E-state index contributed by atoms with van der Waals surface area (Å²) in [6, 6.07) is 11.5. The summed E-state index contributed by atoms with van der Waals surface area (Å²) in [4.78, 5) is 18.4. The van der Waals surface area contributed by atoms with Gasteiger partial charge in [-0.15, -0.1) is 0 Å². The van der Waals surface area contributed by atoms with Crippen LogP contribution in [0.2, 0.25) is 0 Å². The topological polar surface area (TPSA) is 62.7 Å². The zero-order chi connectivity index (χ0) is 17.6. The molecule has 1 aromatic carbocycles. The molecule has 25 heavy (non-hydrogen) atoms. The lowest BCUT2D eigenvalue weighted by Crippen LogP contribution is -2.31. The number of carbonyl (C=O) groups is 1. The molecule has 2 atom stereocenters. The molecular weight excluding hydrogens is 316 g/mol. The van der Waals surface area contributed by atoms with Crippen molar-refractivity contribution in [2.24, 2.45) is 5.92 Å². The van der Waals surface area contributed by atoms with Crippen molar-refractivity contribution in [1.29, 1.82) is 0 Å². The van der Waals surface area contributed by atoms with Crippen molar-refractivity contribution in [2.75, 3.05) is 13.1 Å². The number of ether oxygens (including phenoxy) is 1. The van der Waals surface area contributed by atoms with Crippen molar-refractivity contribution < 1.29 is 14.6 Å². The summed E-state index contributed by atoms with van der Waals surface area (Å²) < 4.78 is 5.79. The number of benzene rings is 1.